The van der Waals surface area contributed by atoms with E-state index in [0.717, 1.165) is 17.1 Å². The predicted octanol–water partition coefficient (Wildman–Crippen LogP) is 2.68. The summed E-state index contributed by atoms with van der Waals surface area (Å²) in [5.41, 5.74) is 1.56. The molecule has 0 spiro atoms. The average molecular weight is 315 g/mol. The van der Waals surface area contributed by atoms with Crippen LogP contribution in [-0.2, 0) is 6.42 Å². The van der Waals surface area contributed by atoms with Crippen molar-refractivity contribution in [1.29, 1.82) is 0 Å². The third-order valence-corrected chi connectivity index (χ3v) is 3.50. The minimum absolute atomic E-state index is 0.134. The molecule has 2 aromatic carbocycles. The molecule has 0 radical (unpaired) electrons. The van der Waals surface area contributed by atoms with Gasteiger partial charge in [-0.25, -0.2) is 0 Å². The van der Waals surface area contributed by atoms with Gasteiger partial charge in [-0.1, -0.05) is 6.07 Å². The highest BCUT2D eigenvalue weighted by atomic mass is 16.5. The van der Waals surface area contributed by atoms with E-state index in [4.69, 9.17) is 14.2 Å². The first-order chi connectivity index (χ1) is 11.2. The lowest BCUT2D eigenvalue weighted by Gasteiger charge is -2.11. The molecule has 5 heteroatoms. The van der Waals surface area contributed by atoms with Crippen molar-refractivity contribution < 1.29 is 19.0 Å². The van der Waals surface area contributed by atoms with E-state index in [9.17, 15) is 4.79 Å². The van der Waals surface area contributed by atoms with E-state index >= 15 is 0 Å². The summed E-state index contributed by atoms with van der Waals surface area (Å²) in [4.78, 5) is 12.2. The van der Waals surface area contributed by atoms with Crippen LogP contribution in [0.15, 0.2) is 42.5 Å². The summed E-state index contributed by atoms with van der Waals surface area (Å²) in [6.07, 6.45) is 0.649. The number of methoxy groups -OCH3 is 3. The van der Waals surface area contributed by atoms with Gasteiger partial charge in [0.2, 0.25) is 0 Å². The van der Waals surface area contributed by atoms with E-state index in [1.54, 1.807) is 45.6 Å². The molecule has 0 saturated carbocycles. The summed E-state index contributed by atoms with van der Waals surface area (Å²) in [5.74, 6) is 2.07. The summed E-state index contributed by atoms with van der Waals surface area (Å²) in [5, 5.41) is 2.90. The highest BCUT2D eigenvalue weighted by Gasteiger charge is 2.08. The number of carbonyl (C=O) groups is 1. The highest BCUT2D eigenvalue weighted by Crippen LogP contribution is 2.24. The second-order valence-electron chi connectivity index (χ2n) is 4.92. The number of hydrogen-bond donors (Lipinski definition) is 1. The van der Waals surface area contributed by atoms with Crippen molar-refractivity contribution in [1.82, 2.24) is 5.32 Å². The number of carbonyl (C=O) groups excluding carboxylic acids is 1. The number of benzene rings is 2. The molecule has 2 aromatic rings. The normalized spacial score (nSPS) is 10.0. The van der Waals surface area contributed by atoms with E-state index in [-0.39, 0.29) is 5.91 Å². The van der Waals surface area contributed by atoms with Gasteiger partial charge in [-0.15, -0.1) is 0 Å². The van der Waals surface area contributed by atoms with Crippen molar-refractivity contribution in [3.8, 4) is 17.2 Å². The molecule has 0 aliphatic rings. The highest BCUT2D eigenvalue weighted by molar-refractivity contribution is 5.94. The average Bonchev–Trinajstić information content (AvgIpc) is 2.61. The zero-order chi connectivity index (χ0) is 16.7. The van der Waals surface area contributed by atoms with Crippen LogP contribution in [0.5, 0.6) is 17.2 Å². The van der Waals surface area contributed by atoms with Gasteiger partial charge < -0.3 is 19.5 Å². The minimum Gasteiger partial charge on any atom is -0.497 e. The number of nitrogens with one attached hydrogen (secondary N) is 1. The number of hydrogen-bond acceptors (Lipinski definition) is 4. The van der Waals surface area contributed by atoms with E-state index in [2.05, 4.69) is 5.32 Å². The minimum atomic E-state index is -0.134. The van der Waals surface area contributed by atoms with Crippen molar-refractivity contribution in [3.63, 3.8) is 0 Å². The van der Waals surface area contributed by atoms with Gasteiger partial charge in [0.25, 0.3) is 5.91 Å². The SMILES string of the molecule is COc1cccc(C(=O)NCCc2cc(OC)ccc2OC)c1. The Balaban J connectivity index is 1.97. The van der Waals surface area contributed by atoms with E-state index in [1.165, 1.54) is 0 Å². The van der Waals surface area contributed by atoms with Gasteiger partial charge in [0.15, 0.2) is 0 Å². The van der Waals surface area contributed by atoms with E-state index < -0.39 is 0 Å². The summed E-state index contributed by atoms with van der Waals surface area (Å²) in [6.45, 7) is 0.500. The molecule has 0 aliphatic carbocycles. The molecule has 5 nitrogen and oxygen atoms in total. The molecule has 122 valence electrons. The van der Waals surface area contributed by atoms with Gasteiger partial charge in [0.1, 0.15) is 17.2 Å². The Morgan fingerprint density at radius 1 is 0.957 bits per heavy atom. The Bertz CT molecular complexity index is 670. The third-order valence-electron chi connectivity index (χ3n) is 3.50. The Morgan fingerprint density at radius 3 is 2.39 bits per heavy atom. The second kappa shape index (κ2) is 8.08. The third kappa shape index (κ3) is 4.39. The second-order valence-corrected chi connectivity index (χ2v) is 4.92. The quantitative estimate of drug-likeness (QED) is 0.853. The molecule has 0 saturated heterocycles. The van der Waals surface area contributed by atoms with Crippen LogP contribution < -0.4 is 19.5 Å². The van der Waals surface area contributed by atoms with Crippen LogP contribution in [-0.4, -0.2) is 33.8 Å². The lowest BCUT2D eigenvalue weighted by molar-refractivity contribution is 0.0953. The maximum absolute atomic E-state index is 12.2. The predicted molar refractivity (Wildman–Crippen MR) is 88.6 cm³/mol. The molecular weight excluding hydrogens is 294 g/mol. The molecule has 0 aliphatic heterocycles. The van der Waals surface area contributed by atoms with Gasteiger partial charge in [-0.05, 0) is 48.4 Å². The molecule has 1 N–H and O–H groups in total. The fraction of sp³-hybridized carbons (Fsp3) is 0.278. The first kappa shape index (κ1) is 16.7. The van der Waals surface area contributed by atoms with Gasteiger partial charge in [0, 0.05) is 12.1 Å². The van der Waals surface area contributed by atoms with E-state index in [0.29, 0.717) is 24.3 Å². The fourth-order valence-corrected chi connectivity index (χ4v) is 2.25. The maximum atomic E-state index is 12.2. The molecule has 1 amide bonds. The number of ether oxygens (including phenoxy) is 3. The van der Waals surface area contributed by atoms with Crippen LogP contribution in [0, 0.1) is 0 Å². The topological polar surface area (TPSA) is 56.8 Å². The van der Waals surface area contributed by atoms with Crippen LogP contribution >= 0.6 is 0 Å². The molecule has 0 aromatic heterocycles. The molecule has 0 unspecified atom stereocenters. The van der Waals surface area contributed by atoms with Gasteiger partial charge in [-0.2, -0.15) is 0 Å². The molecule has 0 bridgehead atoms. The van der Waals surface area contributed by atoms with Crippen LogP contribution in [0.2, 0.25) is 0 Å². The van der Waals surface area contributed by atoms with Gasteiger partial charge in [-0.3, -0.25) is 4.79 Å². The Hall–Kier alpha value is -2.69. The monoisotopic (exact) mass is 315 g/mol. The van der Waals surface area contributed by atoms with Gasteiger partial charge >= 0.3 is 0 Å². The van der Waals surface area contributed by atoms with Gasteiger partial charge in [0.05, 0.1) is 21.3 Å². The van der Waals surface area contributed by atoms with Crippen molar-refractivity contribution in [2.45, 2.75) is 6.42 Å². The van der Waals surface area contributed by atoms with Crippen LogP contribution in [0.1, 0.15) is 15.9 Å². The molecule has 2 rings (SSSR count). The van der Waals surface area contributed by atoms with Crippen molar-refractivity contribution in [3.05, 3.63) is 53.6 Å². The maximum Gasteiger partial charge on any atom is 0.251 e. The van der Waals surface area contributed by atoms with Crippen LogP contribution in [0.3, 0.4) is 0 Å². The summed E-state index contributed by atoms with van der Waals surface area (Å²) in [6, 6.07) is 12.7. The standard InChI is InChI=1S/C18H21NO4/c1-21-15-6-4-5-14(12-15)18(20)19-10-9-13-11-16(22-2)7-8-17(13)23-3/h4-8,11-12H,9-10H2,1-3H3,(H,19,20). The summed E-state index contributed by atoms with van der Waals surface area (Å²) < 4.78 is 15.7. The Kier molecular flexibility index (Phi) is 5.86. The Morgan fingerprint density at radius 2 is 1.70 bits per heavy atom. The molecule has 0 heterocycles. The van der Waals surface area contributed by atoms with Crippen LogP contribution in [0.25, 0.3) is 0 Å². The molecule has 0 fully saturated rings. The first-order valence-electron chi connectivity index (χ1n) is 7.31. The number of rotatable bonds is 7. The molecule has 23 heavy (non-hydrogen) atoms. The Labute approximate surface area is 136 Å². The zero-order valence-corrected chi connectivity index (χ0v) is 13.6. The van der Waals surface area contributed by atoms with Crippen molar-refractivity contribution in [2.75, 3.05) is 27.9 Å². The largest absolute Gasteiger partial charge is 0.497 e. The fourth-order valence-electron chi connectivity index (χ4n) is 2.25. The van der Waals surface area contributed by atoms with Crippen molar-refractivity contribution >= 4 is 5.91 Å². The number of amides is 1. The summed E-state index contributed by atoms with van der Waals surface area (Å²) >= 11 is 0. The van der Waals surface area contributed by atoms with Crippen LogP contribution in [0.4, 0.5) is 0 Å². The van der Waals surface area contributed by atoms with Crippen molar-refractivity contribution in [2.24, 2.45) is 0 Å². The lowest BCUT2D eigenvalue weighted by Crippen LogP contribution is -2.25. The van der Waals surface area contributed by atoms with E-state index in [1.807, 2.05) is 18.2 Å². The lowest BCUT2D eigenvalue weighted by atomic mass is 10.1. The summed E-state index contributed by atoms with van der Waals surface area (Å²) in [7, 11) is 4.82. The molecular formula is C18H21NO4. The first-order valence-corrected chi connectivity index (χ1v) is 7.31. The molecule has 0 atom stereocenters. The zero-order valence-electron chi connectivity index (χ0n) is 13.6. The smallest absolute Gasteiger partial charge is 0.251 e.